The van der Waals surface area contributed by atoms with E-state index in [-0.39, 0.29) is 0 Å². The van der Waals surface area contributed by atoms with E-state index in [1.165, 1.54) is 19.3 Å². The van der Waals surface area contributed by atoms with Crippen molar-refractivity contribution in [3.8, 4) is 0 Å². The van der Waals surface area contributed by atoms with Gasteiger partial charge in [-0.2, -0.15) is 0 Å². The van der Waals surface area contributed by atoms with Gasteiger partial charge in [-0.25, -0.2) is 0 Å². The largest absolute Gasteiger partial charge is 0.396 e. The molecule has 0 rings (SSSR count). The number of rotatable bonds is 10. The van der Waals surface area contributed by atoms with Crippen molar-refractivity contribution >= 4 is 0 Å². The second kappa shape index (κ2) is 10.1. The summed E-state index contributed by atoms with van der Waals surface area (Å²) in [5.41, 5.74) is 0. The number of hydrogen-bond acceptors (Lipinski definition) is 2. The second-order valence-electron chi connectivity index (χ2n) is 5.05. The van der Waals surface area contributed by atoms with E-state index in [2.05, 4.69) is 33.0 Å². The van der Waals surface area contributed by atoms with E-state index in [1.54, 1.807) is 0 Å². The van der Waals surface area contributed by atoms with Gasteiger partial charge < -0.3 is 10.4 Å². The van der Waals surface area contributed by atoms with Gasteiger partial charge in [-0.05, 0) is 37.6 Å². The molecule has 0 saturated heterocycles. The summed E-state index contributed by atoms with van der Waals surface area (Å²) >= 11 is 0. The van der Waals surface area contributed by atoms with Crippen LogP contribution in [0.25, 0.3) is 0 Å². The van der Waals surface area contributed by atoms with Crippen LogP contribution in [0.3, 0.4) is 0 Å². The molecule has 0 aliphatic carbocycles. The fraction of sp³-hybridized carbons (Fsp3) is 1.00. The van der Waals surface area contributed by atoms with Crippen molar-refractivity contribution in [2.24, 2.45) is 11.8 Å². The molecule has 0 aromatic carbocycles. The minimum absolute atomic E-state index is 0.322. The van der Waals surface area contributed by atoms with Gasteiger partial charge in [-0.3, -0.25) is 0 Å². The monoisotopic (exact) mass is 229 g/mol. The molecular formula is C14H31NO. The van der Waals surface area contributed by atoms with E-state index in [9.17, 15) is 0 Å². The summed E-state index contributed by atoms with van der Waals surface area (Å²) in [5.74, 6) is 1.45. The molecule has 98 valence electrons. The highest BCUT2D eigenvalue weighted by Crippen LogP contribution is 2.13. The predicted molar refractivity (Wildman–Crippen MR) is 71.6 cm³/mol. The van der Waals surface area contributed by atoms with Gasteiger partial charge in [0.2, 0.25) is 0 Å². The van der Waals surface area contributed by atoms with Crippen molar-refractivity contribution in [3.63, 3.8) is 0 Å². The Hall–Kier alpha value is -0.0800. The Morgan fingerprint density at radius 1 is 1.06 bits per heavy atom. The minimum Gasteiger partial charge on any atom is -0.396 e. The Kier molecular flexibility index (Phi) is 10.0. The van der Waals surface area contributed by atoms with Gasteiger partial charge in [-0.1, -0.05) is 40.5 Å². The predicted octanol–water partition coefficient (Wildman–Crippen LogP) is 3.20. The molecule has 0 aromatic rings. The lowest BCUT2D eigenvalue weighted by Gasteiger charge is -2.23. The van der Waals surface area contributed by atoms with Crippen molar-refractivity contribution in [2.75, 3.05) is 13.2 Å². The van der Waals surface area contributed by atoms with E-state index >= 15 is 0 Å². The molecule has 0 saturated carbocycles. The first-order valence-corrected chi connectivity index (χ1v) is 7.01. The van der Waals surface area contributed by atoms with Crippen LogP contribution in [0.5, 0.6) is 0 Å². The van der Waals surface area contributed by atoms with Crippen molar-refractivity contribution in [1.29, 1.82) is 0 Å². The van der Waals surface area contributed by atoms with Crippen LogP contribution in [-0.4, -0.2) is 24.3 Å². The average molecular weight is 229 g/mol. The van der Waals surface area contributed by atoms with Gasteiger partial charge in [0.1, 0.15) is 0 Å². The maximum absolute atomic E-state index is 8.95. The Morgan fingerprint density at radius 3 is 2.19 bits per heavy atom. The third kappa shape index (κ3) is 7.24. The molecule has 0 aliphatic heterocycles. The Labute approximate surface area is 102 Å². The summed E-state index contributed by atoms with van der Waals surface area (Å²) in [6.07, 6.45) is 5.85. The maximum Gasteiger partial charge on any atom is 0.0434 e. The van der Waals surface area contributed by atoms with Crippen LogP contribution in [-0.2, 0) is 0 Å². The SMILES string of the molecule is CCC(C)CC(CC)NCC(CC)CCO. The van der Waals surface area contributed by atoms with Crippen LogP contribution < -0.4 is 5.32 Å². The van der Waals surface area contributed by atoms with Crippen LogP contribution in [0.4, 0.5) is 0 Å². The standard InChI is InChI=1S/C14H31NO/c1-5-12(4)10-14(7-3)15-11-13(6-2)8-9-16/h12-16H,5-11H2,1-4H3. The molecule has 0 aliphatic rings. The molecule has 0 bridgehead atoms. The number of nitrogens with one attached hydrogen (secondary N) is 1. The molecule has 0 spiro atoms. The lowest BCUT2D eigenvalue weighted by Crippen LogP contribution is -2.34. The van der Waals surface area contributed by atoms with Crippen LogP contribution >= 0.6 is 0 Å². The highest BCUT2D eigenvalue weighted by atomic mass is 16.3. The molecule has 3 unspecified atom stereocenters. The number of hydrogen-bond donors (Lipinski definition) is 2. The van der Waals surface area contributed by atoms with E-state index in [0.29, 0.717) is 18.6 Å². The average Bonchev–Trinajstić information content (AvgIpc) is 2.32. The molecule has 2 nitrogen and oxygen atoms in total. The van der Waals surface area contributed by atoms with E-state index in [0.717, 1.165) is 25.3 Å². The smallest absolute Gasteiger partial charge is 0.0434 e. The van der Waals surface area contributed by atoms with E-state index < -0.39 is 0 Å². The van der Waals surface area contributed by atoms with E-state index in [1.807, 2.05) is 0 Å². The van der Waals surface area contributed by atoms with Gasteiger partial charge in [0.15, 0.2) is 0 Å². The maximum atomic E-state index is 8.95. The normalized spacial score (nSPS) is 17.1. The lowest BCUT2D eigenvalue weighted by molar-refractivity contribution is 0.245. The molecule has 0 heterocycles. The van der Waals surface area contributed by atoms with Crippen LogP contribution in [0.2, 0.25) is 0 Å². The summed E-state index contributed by atoms with van der Waals surface area (Å²) in [7, 11) is 0. The van der Waals surface area contributed by atoms with Crippen molar-refractivity contribution in [3.05, 3.63) is 0 Å². The molecule has 0 amide bonds. The van der Waals surface area contributed by atoms with Crippen molar-refractivity contribution in [2.45, 2.75) is 65.8 Å². The topological polar surface area (TPSA) is 32.3 Å². The molecule has 3 atom stereocenters. The van der Waals surface area contributed by atoms with Gasteiger partial charge in [-0.15, -0.1) is 0 Å². The molecule has 0 fully saturated rings. The van der Waals surface area contributed by atoms with Crippen LogP contribution in [0.15, 0.2) is 0 Å². The molecule has 0 aromatic heterocycles. The molecule has 2 N–H and O–H groups in total. The Morgan fingerprint density at radius 2 is 1.75 bits per heavy atom. The third-order valence-corrected chi connectivity index (χ3v) is 3.69. The van der Waals surface area contributed by atoms with Crippen molar-refractivity contribution in [1.82, 2.24) is 5.32 Å². The highest BCUT2D eigenvalue weighted by Gasteiger charge is 2.12. The first-order valence-electron chi connectivity index (χ1n) is 7.01. The van der Waals surface area contributed by atoms with Gasteiger partial charge in [0.25, 0.3) is 0 Å². The first kappa shape index (κ1) is 15.9. The molecule has 0 radical (unpaired) electrons. The zero-order chi connectivity index (χ0) is 12.4. The summed E-state index contributed by atoms with van der Waals surface area (Å²) in [4.78, 5) is 0. The second-order valence-corrected chi connectivity index (χ2v) is 5.05. The zero-order valence-corrected chi connectivity index (χ0v) is 11.6. The fourth-order valence-electron chi connectivity index (χ4n) is 2.01. The van der Waals surface area contributed by atoms with Gasteiger partial charge in [0.05, 0.1) is 0 Å². The van der Waals surface area contributed by atoms with Gasteiger partial charge in [0, 0.05) is 12.6 Å². The van der Waals surface area contributed by atoms with Crippen molar-refractivity contribution < 1.29 is 5.11 Å². The quantitative estimate of drug-likeness (QED) is 0.603. The van der Waals surface area contributed by atoms with Crippen LogP contribution in [0.1, 0.15) is 59.8 Å². The van der Waals surface area contributed by atoms with Crippen LogP contribution in [0, 0.1) is 11.8 Å². The third-order valence-electron chi connectivity index (χ3n) is 3.69. The Bertz CT molecular complexity index is 150. The number of aliphatic hydroxyl groups is 1. The van der Waals surface area contributed by atoms with E-state index in [4.69, 9.17) is 5.11 Å². The zero-order valence-electron chi connectivity index (χ0n) is 11.6. The number of aliphatic hydroxyl groups excluding tert-OH is 1. The molecule has 2 heteroatoms. The summed E-state index contributed by atoms with van der Waals surface area (Å²) < 4.78 is 0. The summed E-state index contributed by atoms with van der Waals surface area (Å²) in [6.45, 7) is 10.4. The van der Waals surface area contributed by atoms with Gasteiger partial charge >= 0.3 is 0 Å². The molecule has 16 heavy (non-hydrogen) atoms. The highest BCUT2D eigenvalue weighted by molar-refractivity contribution is 4.70. The lowest BCUT2D eigenvalue weighted by atomic mass is 9.96. The Balaban J connectivity index is 3.83. The minimum atomic E-state index is 0.322. The first-order chi connectivity index (χ1) is 7.67. The molecular weight excluding hydrogens is 198 g/mol. The fourth-order valence-corrected chi connectivity index (χ4v) is 2.01. The summed E-state index contributed by atoms with van der Waals surface area (Å²) in [6, 6.07) is 0.655. The summed E-state index contributed by atoms with van der Waals surface area (Å²) in [5, 5.41) is 12.6.